The molecule has 1 aromatic rings. The van der Waals surface area contributed by atoms with E-state index in [1.807, 2.05) is 12.1 Å². The summed E-state index contributed by atoms with van der Waals surface area (Å²) in [5.74, 6) is 1.57. The molecule has 0 unspecified atom stereocenters. The maximum Gasteiger partial charge on any atom is 0.231 e. The molecule has 0 aromatic heterocycles. The van der Waals surface area contributed by atoms with Crippen LogP contribution in [-0.4, -0.2) is 13.1 Å². The fraction of sp³-hybridized carbons (Fsp3) is 0.364. The zero-order valence-corrected chi connectivity index (χ0v) is 9.75. The second-order valence-electron chi connectivity index (χ2n) is 3.36. The van der Waals surface area contributed by atoms with Crippen molar-refractivity contribution in [1.29, 1.82) is 0 Å². The van der Waals surface area contributed by atoms with Crippen LogP contribution in [0.4, 0.5) is 0 Å². The lowest BCUT2D eigenvalue weighted by Gasteiger charge is -2.05. The van der Waals surface area contributed by atoms with Crippen LogP contribution in [0.15, 0.2) is 16.6 Å². The average molecular weight is 271 g/mol. The third-order valence-corrected chi connectivity index (χ3v) is 3.05. The van der Waals surface area contributed by atoms with E-state index in [9.17, 15) is 4.79 Å². The van der Waals surface area contributed by atoms with Gasteiger partial charge in [-0.1, -0.05) is 15.9 Å². The first-order chi connectivity index (χ1) is 7.31. The van der Waals surface area contributed by atoms with Crippen molar-refractivity contribution in [2.24, 2.45) is 0 Å². The van der Waals surface area contributed by atoms with Crippen molar-refractivity contribution in [2.45, 2.75) is 19.3 Å². The van der Waals surface area contributed by atoms with Gasteiger partial charge in [0.05, 0.1) is 0 Å². The Labute approximate surface area is 96.5 Å². The number of carbonyl (C=O) groups excluding carboxylic acids is 1. The van der Waals surface area contributed by atoms with E-state index in [-0.39, 0.29) is 0 Å². The summed E-state index contributed by atoms with van der Waals surface area (Å²) in [4.78, 5) is 10.2. The highest BCUT2D eigenvalue weighted by atomic mass is 79.9. The van der Waals surface area contributed by atoms with Gasteiger partial charge in [0.1, 0.15) is 6.29 Å². The number of ether oxygens (including phenoxy) is 2. The van der Waals surface area contributed by atoms with Gasteiger partial charge in [-0.3, -0.25) is 0 Å². The predicted octanol–water partition coefficient (Wildman–Crippen LogP) is 2.70. The molecule has 3 nitrogen and oxygen atoms in total. The summed E-state index contributed by atoms with van der Waals surface area (Å²) in [5, 5.41) is 0. The van der Waals surface area contributed by atoms with Crippen LogP contribution in [0.25, 0.3) is 0 Å². The van der Waals surface area contributed by atoms with Gasteiger partial charge >= 0.3 is 0 Å². The number of benzene rings is 1. The summed E-state index contributed by atoms with van der Waals surface area (Å²) >= 11 is 3.48. The van der Waals surface area contributed by atoms with E-state index in [2.05, 4.69) is 15.9 Å². The summed E-state index contributed by atoms with van der Waals surface area (Å²) in [6.07, 6.45) is 3.28. The third-order valence-electron chi connectivity index (χ3n) is 2.31. The van der Waals surface area contributed by atoms with Gasteiger partial charge in [0.2, 0.25) is 6.79 Å². The molecule has 1 aliphatic heterocycles. The van der Waals surface area contributed by atoms with Gasteiger partial charge in [0.25, 0.3) is 0 Å². The molecule has 2 rings (SSSR count). The van der Waals surface area contributed by atoms with E-state index >= 15 is 0 Å². The smallest absolute Gasteiger partial charge is 0.231 e. The van der Waals surface area contributed by atoms with E-state index < -0.39 is 0 Å². The molecule has 0 N–H and O–H groups in total. The highest BCUT2D eigenvalue weighted by molar-refractivity contribution is 9.10. The summed E-state index contributed by atoms with van der Waals surface area (Å²) in [7, 11) is 0. The molecular formula is C11H11BrO3. The van der Waals surface area contributed by atoms with Gasteiger partial charge < -0.3 is 14.3 Å². The molecule has 1 aliphatic rings. The largest absolute Gasteiger partial charge is 0.454 e. The Hall–Kier alpha value is -1.03. The molecule has 0 amide bonds. The molecule has 0 radical (unpaired) electrons. The lowest BCUT2D eigenvalue weighted by atomic mass is 10.1. The van der Waals surface area contributed by atoms with Crippen molar-refractivity contribution in [3.05, 3.63) is 22.2 Å². The summed E-state index contributed by atoms with van der Waals surface area (Å²) in [5.41, 5.74) is 1.15. The molecule has 0 bridgehead atoms. The van der Waals surface area contributed by atoms with Crippen LogP contribution >= 0.6 is 15.9 Å². The van der Waals surface area contributed by atoms with Crippen LogP contribution < -0.4 is 9.47 Å². The zero-order chi connectivity index (χ0) is 10.7. The summed E-state index contributed by atoms with van der Waals surface area (Å²) in [6, 6.07) is 3.88. The number of aryl methyl sites for hydroxylation is 1. The molecule has 15 heavy (non-hydrogen) atoms. The van der Waals surface area contributed by atoms with E-state index in [1.165, 1.54) is 0 Å². The quantitative estimate of drug-likeness (QED) is 0.624. The van der Waals surface area contributed by atoms with E-state index in [4.69, 9.17) is 9.47 Å². The van der Waals surface area contributed by atoms with Crippen molar-refractivity contribution in [3.63, 3.8) is 0 Å². The second-order valence-corrected chi connectivity index (χ2v) is 4.21. The molecule has 0 spiro atoms. The Morgan fingerprint density at radius 2 is 2.07 bits per heavy atom. The van der Waals surface area contributed by atoms with Crippen molar-refractivity contribution in [1.82, 2.24) is 0 Å². The van der Waals surface area contributed by atoms with Crippen LogP contribution in [0.3, 0.4) is 0 Å². The predicted molar refractivity (Wildman–Crippen MR) is 59.3 cm³/mol. The highest BCUT2D eigenvalue weighted by Crippen LogP contribution is 2.37. The topological polar surface area (TPSA) is 35.5 Å². The fourth-order valence-electron chi connectivity index (χ4n) is 1.53. The monoisotopic (exact) mass is 270 g/mol. The molecule has 0 fully saturated rings. The van der Waals surface area contributed by atoms with E-state index in [0.29, 0.717) is 13.2 Å². The Morgan fingerprint density at radius 3 is 2.80 bits per heavy atom. The van der Waals surface area contributed by atoms with Crippen molar-refractivity contribution < 1.29 is 14.3 Å². The number of halogens is 1. The van der Waals surface area contributed by atoms with E-state index in [0.717, 1.165) is 40.7 Å². The number of hydrogen-bond acceptors (Lipinski definition) is 3. The van der Waals surface area contributed by atoms with Crippen LogP contribution in [0.5, 0.6) is 11.5 Å². The maximum atomic E-state index is 10.2. The molecule has 0 atom stereocenters. The van der Waals surface area contributed by atoms with Gasteiger partial charge in [-0.25, -0.2) is 0 Å². The average Bonchev–Trinajstić information content (AvgIpc) is 2.65. The van der Waals surface area contributed by atoms with Gasteiger partial charge in [0.15, 0.2) is 11.5 Å². The minimum absolute atomic E-state index is 0.291. The van der Waals surface area contributed by atoms with Crippen LogP contribution in [0.2, 0.25) is 0 Å². The van der Waals surface area contributed by atoms with Crippen molar-refractivity contribution in [3.8, 4) is 11.5 Å². The number of aldehydes is 1. The van der Waals surface area contributed by atoms with Crippen LogP contribution in [-0.2, 0) is 11.2 Å². The molecule has 4 heteroatoms. The van der Waals surface area contributed by atoms with Gasteiger partial charge in [-0.05, 0) is 30.5 Å². The fourth-order valence-corrected chi connectivity index (χ4v) is 2.05. The lowest BCUT2D eigenvalue weighted by molar-refractivity contribution is -0.107. The first-order valence-electron chi connectivity index (χ1n) is 4.83. The first-order valence-corrected chi connectivity index (χ1v) is 5.62. The number of fused-ring (bicyclic) bond motifs is 1. The van der Waals surface area contributed by atoms with Gasteiger partial charge in [0, 0.05) is 10.9 Å². The van der Waals surface area contributed by atoms with Crippen LogP contribution in [0, 0.1) is 0 Å². The molecule has 1 aromatic carbocycles. The summed E-state index contributed by atoms with van der Waals surface area (Å²) in [6.45, 7) is 0.291. The van der Waals surface area contributed by atoms with E-state index in [1.54, 1.807) is 0 Å². The molecule has 0 aliphatic carbocycles. The number of rotatable bonds is 4. The minimum Gasteiger partial charge on any atom is -0.454 e. The standard InChI is InChI=1S/C11H11BrO3/c12-9-6-11-10(14-7-15-11)5-8(9)3-1-2-4-13/h4-6H,1-3,7H2. The zero-order valence-electron chi connectivity index (χ0n) is 8.16. The first kappa shape index (κ1) is 10.5. The van der Waals surface area contributed by atoms with Gasteiger partial charge in [-0.2, -0.15) is 0 Å². The minimum atomic E-state index is 0.291. The lowest BCUT2D eigenvalue weighted by Crippen LogP contribution is -1.93. The number of hydrogen-bond donors (Lipinski definition) is 0. The normalized spacial score (nSPS) is 12.9. The molecule has 1 heterocycles. The Balaban J connectivity index is 2.13. The number of unbranched alkanes of at least 4 members (excludes halogenated alkanes) is 1. The molecule has 0 saturated carbocycles. The Bertz CT molecular complexity index is 376. The third kappa shape index (κ3) is 2.31. The van der Waals surface area contributed by atoms with Crippen molar-refractivity contribution >= 4 is 22.2 Å². The van der Waals surface area contributed by atoms with Crippen molar-refractivity contribution in [2.75, 3.05) is 6.79 Å². The SMILES string of the molecule is O=CCCCc1cc2c(cc1Br)OCO2. The molecule has 80 valence electrons. The second kappa shape index (κ2) is 4.66. The maximum absolute atomic E-state index is 10.2. The van der Waals surface area contributed by atoms with Crippen LogP contribution in [0.1, 0.15) is 18.4 Å². The Morgan fingerprint density at radius 1 is 1.33 bits per heavy atom. The number of carbonyl (C=O) groups is 1. The molecule has 0 saturated heterocycles. The van der Waals surface area contributed by atoms with Gasteiger partial charge in [-0.15, -0.1) is 0 Å². The Kier molecular flexibility index (Phi) is 3.26. The molecular weight excluding hydrogens is 260 g/mol. The summed E-state index contributed by atoms with van der Waals surface area (Å²) < 4.78 is 11.6. The highest BCUT2D eigenvalue weighted by Gasteiger charge is 2.15.